The number of allylic oxidation sites excluding steroid dienone is 4. The SMILES string of the molecule is CC1(C)C(/C=C/C=C2/N(CCCCCC(=O)O)c3ccc(S(=O)(=O)O)cc3C2(C)C)=[N+](CCCS(=O)(=O)[O-])c2cccc(S(=O)(=O)O)c21. The van der Waals surface area contributed by atoms with Crippen LogP contribution >= 0.6 is 0 Å². The van der Waals surface area contributed by atoms with Gasteiger partial charge >= 0.3 is 5.97 Å². The monoisotopic (exact) mass is 724 g/mol. The normalized spacial score (nSPS) is 18.1. The molecule has 0 radical (unpaired) electrons. The zero-order valence-corrected chi connectivity index (χ0v) is 29.5. The molecular formula is C32H40N2O11S3. The van der Waals surface area contributed by atoms with Crippen molar-refractivity contribution < 1.29 is 53.4 Å². The van der Waals surface area contributed by atoms with Gasteiger partial charge in [-0.05, 0) is 62.6 Å². The second kappa shape index (κ2) is 13.5. The maximum Gasteiger partial charge on any atom is 0.303 e. The summed E-state index contributed by atoms with van der Waals surface area (Å²) in [7, 11) is -13.6. The third-order valence-electron chi connectivity index (χ3n) is 8.85. The van der Waals surface area contributed by atoms with E-state index in [1.807, 2.05) is 24.8 Å². The molecule has 0 saturated heterocycles. The van der Waals surface area contributed by atoms with Crippen molar-refractivity contribution >= 4 is 53.4 Å². The van der Waals surface area contributed by atoms with Gasteiger partial charge in [0, 0.05) is 54.1 Å². The number of anilines is 1. The van der Waals surface area contributed by atoms with Crippen molar-refractivity contribution in [1.82, 2.24) is 0 Å². The molecule has 0 fully saturated rings. The quantitative estimate of drug-likeness (QED) is 0.141. The van der Waals surface area contributed by atoms with Gasteiger partial charge in [-0.15, -0.1) is 0 Å². The highest BCUT2D eigenvalue weighted by Crippen LogP contribution is 2.49. The zero-order valence-electron chi connectivity index (χ0n) is 27.1. The van der Waals surface area contributed by atoms with Crippen LogP contribution in [-0.2, 0) is 46.0 Å². The maximum atomic E-state index is 12.4. The summed E-state index contributed by atoms with van der Waals surface area (Å²) in [6, 6.07) is 8.79. The minimum atomic E-state index is -4.63. The molecule has 4 rings (SSSR count). The Labute approximate surface area is 281 Å². The van der Waals surface area contributed by atoms with E-state index in [2.05, 4.69) is 0 Å². The molecule has 0 aliphatic carbocycles. The Kier molecular flexibility index (Phi) is 10.5. The van der Waals surface area contributed by atoms with Gasteiger partial charge in [-0.25, -0.2) is 8.42 Å². The molecule has 3 N–H and O–H groups in total. The molecule has 2 heterocycles. The van der Waals surface area contributed by atoms with Gasteiger partial charge in [-0.1, -0.05) is 32.4 Å². The van der Waals surface area contributed by atoms with Crippen LogP contribution in [0.3, 0.4) is 0 Å². The van der Waals surface area contributed by atoms with Crippen molar-refractivity contribution in [1.29, 1.82) is 0 Å². The molecule has 0 saturated carbocycles. The number of fused-ring (bicyclic) bond motifs is 2. The predicted octanol–water partition coefficient (Wildman–Crippen LogP) is 4.37. The number of carbonyl (C=O) groups is 1. The second-order valence-corrected chi connectivity index (χ2v) is 17.3. The molecule has 2 aliphatic heterocycles. The third-order valence-corrected chi connectivity index (χ3v) is 11.4. The van der Waals surface area contributed by atoms with Gasteiger partial charge in [0.2, 0.25) is 5.69 Å². The van der Waals surface area contributed by atoms with Crippen LogP contribution in [0.15, 0.2) is 70.1 Å². The molecule has 262 valence electrons. The van der Waals surface area contributed by atoms with Crippen LogP contribution in [0.2, 0.25) is 0 Å². The molecule has 16 heteroatoms. The fraction of sp³-hybridized carbons (Fsp3) is 0.438. The minimum absolute atomic E-state index is 0.0377. The van der Waals surface area contributed by atoms with Crippen molar-refractivity contribution in [2.24, 2.45) is 0 Å². The number of hydrogen-bond acceptors (Lipinski definition) is 9. The molecule has 2 aliphatic rings. The molecular weight excluding hydrogens is 685 g/mol. The van der Waals surface area contributed by atoms with E-state index in [0.29, 0.717) is 48.3 Å². The maximum absolute atomic E-state index is 12.4. The van der Waals surface area contributed by atoms with E-state index in [1.54, 1.807) is 42.7 Å². The Morgan fingerprint density at radius 2 is 1.60 bits per heavy atom. The average Bonchev–Trinajstić information content (AvgIpc) is 3.29. The number of carboxylic acid groups (broad SMARTS) is 1. The summed E-state index contributed by atoms with van der Waals surface area (Å²) in [5.74, 6) is -1.51. The summed E-state index contributed by atoms with van der Waals surface area (Å²) >= 11 is 0. The van der Waals surface area contributed by atoms with Crippen LogP contribution in [0, 0.1) is 0 Å². The first-order valence-corrected chi connectivity index (χ1v) is 19.7. The van der Waals surface area contributed by atoms with E-state index in [0.717, 1.165) is 11.4 Å². The van der Waals surface area contributed by atoms with Crippen LogP contribution in [0.1, 0.15) is 70.9 Å². The molecule has 0 amide bonds. The minimum Gasteiger partial charge on any atom is -0.748 e. The lowest BCUT2D eigenvalue weighted by molar-refractivity contribution is -0.437. The third kappa shape index (κ3) is 7.90. The standard InChI is InChI=1S/C32H40N2O11S3/c1-31(2)23-21-22(47(40,41)42)16-17-24(23)33(18-7-5-6-15-29(35)36)27(31)13-9-14-28-32(3,4)30-25(11-8-12-26(30)48(43,44)45)34(28)19-10-20-46(37,38)39/h8-9,11-14,16-17,21H,5-7,10,15,18-20H2,1-4H3,(H3-,35,36,37,38,39,40,41,42,43,44,45). The number of benzene rings is 2. The summed E-state index contributed by atoms with van der Waals surface area (Å²) < 4.78 is 104. The summed E-state index contributed by atoms with van der Waals surface area (Å²) in [4.78, 5) is 12.5. The van der Waals surface area contributed by atoms with Crippen LogP contribution in [0.25, 0.3) is 0 Å². The lowest BCUT2D eigenvalue weighted by atomic mass is 9.81. The van der Waals surface area contributed by atoms with Gasteiger partial charge in [0.25, 0.3) is 20.2 Å². The fourth-order valence-electron chi connectivity index (χ4n) is 6.63. The van der Waals surface area contributed by atoms with Gasteiger partial charge in [0.15, 0.2) is 5.71 Å². The molecule has 0 atom stereocenters. The van der Waals surface area contributed by atoms with E-state index in [4.69, 9.17) is 5.11 Å². The molecule has 0 bridgehead atoms. The summed E-state index contributed by atoms with van der Waals surface area (Å²) in [6.07, 6.45) is 7.10. The van der Waals surface area contributed by atoms with Crippen molar-refractivity contribution in [3.05, 3.63) is 71.5 Å². The van der Waals surface area contributed by atoms with Crippen molar-refractivity contribution in [2.45, 2.75) is 80.4 Å². The van der Waals surface area contributed by atoms with Gasteiger partial charge in [-0.3, -0.25) is 13.9 Å². The lowest BCUT2D eigenvalue weighted by Crippen LogP contribution is -2.29. The van der Waals surface area contributed by atoms with Crippen molar-refractivity contribution in [3.8, 4) is 0 Å². The largest absolute Gasteiger partial charge is 0.748 e. The number of unbranched alkanes of at least 4 members (excludes halogenated alkanes) is 2. The lowest BCUT2D eigenvalue weighted by Gasteiger charge is -2.27. The van der Waals surface area contributed by atoms with Crippen LogP contribution in [0.4, 0.5) is 11.4 Å². The molecule has 0 spiro atoms. The Morgan fingerprint density at radius 1 is 0.917 bits per heavy atom. The highest BCUT2D eigenvalue weighted by atomic mass is 32.2. The van der Waals surface area contributed by atoms with Crippen LogP contribution in [-0.4, -0.2) is 79.1 Å². The first-order valence-electron chi connectivity index (χ1n) is 15.3. The predicted molar refractivity (Wildman–Crippen MR) is 178 cm³/mol. The van der Waals surface area contributed by atoms with E-state index in [9.17, 15) is 43.7 Å². The van der Waals surface area contributed by atoms with Crippen molar-refractivity contribution in [3.63, 3.8) is 0 Å². The fourth-order valence-corrected chi connectivity index (χ4v) is 8.49. The number of aliphatic carboxylic acids is 1. The number of carboxylic acids is 1. The zero-order chi connectivity index (χ0) is 35.9. The van der Waals surface area contributed by atoms with Crippen LogP contribution in [0.5, 0.6) is 0 Å². The molecule has 0 aromatic heterocycles. The first-order chi connectivity index (χ1) is 22.1. The Balaban J connectivity index is 1.80. The highest BCUT2D eigenvalue weighted by molar-refractivity contribution is 7.86. The van der Waals surface area contributed by atoms with Gasteiger partial charge in [-0.2, -0.15) is 21.4 Å². The number of nitrogens with zero attached hydrogens (tertiary/aromatic N) is 2. The topological polar surface area (TPSA) is 209 Å². The second-order valence-electron chi connectivity index (χ2n) is 12.9. The van der Waals surface area contributed by atoms with E-state index in [-0.39, 0.29) is 29.2 Å². The number of rotatable bonds is 14. The Morgan fingerprint density at radius 3 is 2.21 bits per heavy atom. The summed E-state index contributed by atoms with van der Waals surface area (Å²) in [6.45, 7) is 7.91. The van der Waals surface area contributed by atoms with Gasteiger partial charge < -0.3 is 14.6 Å². The Hall–Kier alpha value is -3.41. The Bertz CT molecular complexity index is 2040. The molecule has 13 nitrogen and oxygen atoms in total. The van der Waals surface area contributed by atoms with E-state index >= 15 is 0 Å². The highest BCUT2D eigenvalue weighted by Gasteiger charge is 2.48. The molecule has 48 heavy (non-hydrogen) atoms. The van der Waals surface area contributed by atoms with Crippen molar-refractivity contribution in [2.75, 3.05) is 23.7 Å². The van der Waals surface area contributed by atoms with Crippen LogP contribution < -0.4 is 4.90 Å². The van der Waals surface area contributed by atoms with Gasteiger partial charge in [0.05, 0.1) is 26.0 Å². The molecule has 2 aromatic rings. The van der Waals surface area contributed by atoms with E-state index < -0.39 is 52.9 Å². The summed E-state index contributed by atoms with van der Waals surface area (Å²) in [5.41, 5.74) is 1.76. The summed E-state index contributed by atoms with van der Waals surface area (Å²) in [5, 5.41) is 9.01. The first kappa shape index (κ1) is 37.4. The molecule has 0 unspecified atom stereocenters. The molecule has 2 aromatic carbocycles. The number of hydrogen-bond donors (Lipinski definition) is 3. The van der Waals surface area contributed by atoms with E-state index in [1.165, 1.54) is 24.3 Å². The smallest absolute Gasteiger partial charge is 0.303 e. The average molecular weight is 725 g/mol. The van der Waals surface area contributed by atoms with Gasteiger partial charge in [0.1, 0.15) is 11.4 Å².